The predicted molar refractivity (Wildman–Crippen MR) is 121 cm³/mol. The largest absolute Gasteiger partial charge is 0.372 e. The fourth-order valence-electron chi connectivity index (χ4n) is 6.48. The Morgan fingerprint density at radius 3 is 2.70 bits per heavy atom. The number of fused-ring (bicyclic) bond motifs is 1. The van der Waals surface area contributed by atoms with Crippen molar-refractivity contribution in [2.24, 2.45) is 22.7 Å². The molecule has 2 N–H and O–H groups in total. The number of ether oxygens (including phenoxy) is 1. The van der Waals surface area contributed by atoms with Gasteiger partial charge in [-0.3, -0.25) is 4.79 Å². The molecule has 0 saturated heterocycles. The summed E-state index contributed by atoms with van der Waals surface area (Å²) in [6.45, 7) is 8.77. The van der Waals surface area contributed by atoms with Gasteiger partial charge in [-0.1, -0.05) is 74.9 Å². The summed E-state index contributed by atoms with van der Waals surface area (Å²) in [4.78, 5) is 12.2. The summed E-state index contributed by atoms with van der Waals surface area (Å²) in [5, 5.41) is 6.97. The van der Waals surface area contributed by atoms with Crippen LogP contribution in [0.4, 0.5) is 0 Å². The molecular formula is C26H36N2O2. The number of carbonyl (C=O) groups excluding carboxylic acids is 1. The van der Waals surface area contributed by atoms with Crippen LogP contribution < -0.4 is 10.6 Å². The van der Waals surface area contributed by atoms with Crippen LogP contribution in [-0.2, 0) is 16.1 Å². The van der Waals surface area contributed by atoms with Crippen LogP contribution in [0, 0.1) is 22.7 Å². The Bertz CT molecular complexity index is 805. The Hall–Kier alpha value is -1.91. The van der Waals surface area contributed by atoms with E-state index in [0.717, 1.165) is 19.5 Å². The van der Waals surface area contributed by atoms with Gasteiger partial charge in [0.05, 0.1) is 12.7 Å². The zero-order valence-electron chi connectivity index (χ0n) is 18.6. The van der Waals surface area contributed by atoms with E-state index in [9.17, 15) is 4.79 Å². The van der Waals surface area contributed by atoms with Crippen LogP contribution in [-0.4, -0.2) is 31.1 Å². The molecule has 1 amide bonds. The van der Waals surface area contributed by atoms with E-state index in [1.165, 1.54) is 18.4 Å². The molecule has 0 heterocycles. The van der Waals surface area contributed by atoms with Crippen LogP contribution in [0.2, 0.25) is 0 Å². The normalized spacial score (nSPS) is 35.7. The van der Waals surface area contributed by atoms with E-state index < -0.39 is 0 Å². The minimum Gasteiger partial charge on any atom is -0.372 e. The molecule has 6 atom stereocenters. The number of hydrogen-bond donors (Lipinski definition) is 2. The smallest absolute Gasteiger partial charge is 0.217 e. The van der Waals surface area contributed by atoms with E-state index in [1.54, 1.807) is 6.92 Å². The van der Waals surface area contributed by atoms with Gasteiger partial charge in [0, 0.05) is 29.7 Å². The third-order valence-electron chi connectivity index (χ3n) is 7.66. The Kier molecular flexibility index (Phi) is 6.17. The molecule has 3 aliphatic carbocycles. The Labute approximate surface area is 181 Å². The lowest BCUT2D eigenvalue weighted by atomic mass is 9.84. The SMILES string of the molecule is CCCCNCC[C@@]12[C@H](NC(C)=O)[C@@H](C)[C@H](OCc3ccccc3)[C@@]13C=CC=C[C@H]32. The lowest BCUT2D eigenvalue weighted by Gasteiger charge is -2.32. The Morgan fingerprint density at radius 1 is 1.17 bits per heavy atom. The van der Waals surface area contributed by atoms with Crippen molar-refractivity contribution in [3.05, 3.63) is 60.2 Å². The number of hydrogen-bond acceptors (Lipinski definition) is 3. The highest BCUT2D eigenvalue weighted by atomic mass is 16.5. The van der Waals surface area contributed by atoms with Crippen molar-refractivity contribution in [3.63, 3.8) is 0 Å². The Morgan fingerprint density at radius 2 is 1.97 bits per heavy atom. The van der Waals surface area contributed by atoms with Gasteiger partial charge in [-0.15, -0.1) is 0 Å². The summed E-state index contributed by atoms with van der Waals surface area (Å²) in [5.74, 6) is 0.748. The van der Waals surface area contributed by atoms with E-state index in [0.29, 0.717) is 12.5 Å². The summed E-state index contributed by atoms with van der Waals surface area (Å²) < 4.78 is 6.64. The van der Waals surface area contributed by atoms with Crippen LogP contribution in [0.3, 0.4) is 0 Å². The molecular weight excluding hydrogens is 372 g/mol. The molecule has 2 fully saturated rings. The standard InChI is InChI=1S/C26H36N2O2/c1-4-5-16-27-17-15-25-22-13-9-10-14-26(22,25)24(19(2)23(25)28-20(3)29)30-18-21-11-7-6-8-12-21/h6-14,19,22-24,27H,4-5,15-18H2,1-3H3,(H,28,29)/t19-,22+,23-,24+,25-,26+/m1/s1. The van der Waals surface area contributed by atoms with E-state index in [1.807, 2.05) is 6.07 Å². The molecule has 4 nitrogen and oxygen atoms in total. The number of rotatable bonds is 10. The lowest BCUT2D eigenvalue weighted by molar-refractivity contribution is -0.120. The number of amides is 1. The number of carbonyl (C=O) groups is 1. The van der Waals surface area contributed by atoms with Gasteiger partial charge >= 0.3 is 0 Å². The van der Waals surface area contributed by atoms with Gasteiger partial charge in [0.1, 0.15) is 0 Å². The molecule has 162 valence electrons. The minimum absolute atomic E-state index is 0.0184. The van der Waals surface area contributed by atoms with Crippen LogP contribution in [0.15, 0.2) is 54.6 Å². The van der Waals surface area contributed by atoms with Gasteiger partial charge in [0.15, 0.2) is 0 Å². The van der Waals surface area contributed by atoms with Crippen molar-refractivity contribution in [2.45, 2.75) is 58.8 Å². The molecule has 2 saturated carbocycles. The van der Waals surface area contributed by atoms with Crippen LogP contribution in [0.1, 0.15) is 45.6 Å². The first-order chi connectivity index (χ1) is 14.6. The maximum atomic E-state index is 12.2. The molecule has 0 unspecified atom stereocenters. The zero-order chi connectivity index (χ0) is 21.2. The third-order valence-corrected chi connectivity index (χ3v) is 7.66. The molecule has 0 radical (unpaired) electrons. The summed E-state index contributed by atoms with van der Waals surface area (Å²) >= 11 is 0. The first-order valence-electron chi connectivity index (χ1n) is 11.6. The van der Waals surface area contributed by atoms with Crippen LogP contribution in [0.5, 0.6) is 0 Å². The maximum absolute atomic E-state index is 12.2. The van der Waals surface area contributed by atoms with Crippen molar-refractivity contribution >= 4 is 5.91 Å². The van der Waals surface area contributed by atoms with E-state index >= 15 is 0 Å². The number of unbranched alkanes of at least 4 members (excludes halogenated alkanes) is 1. The van der Waals surface area contributed by atoms with Gasteiger partial charge < -0.3 is 15.4 Å². The number of allylic oxidation sites excluding steroid dienone is 3. The molecule has 0 aliphatic heterocycles. The van der Waals surface area contributed by atoms with Gasteiger partial charge in [0.25, 0.3) is 0 Å². The molecule has 4 heteroatoms. The van der Waals surface area contributed by atoms with E-state index in [4.69, 9.17) is 4.74 Å². The fourth-order valence-corrected chi connectivity index (χ4v) is 6.48. The zero-order valence-corrected chi connectivity index (χ0v) is 18.6. The summed E-state index contributed by atoms with van der Waals surface area (Å²) in [6.07, 6.45) is 12.7. The van der Waals surface area contributed by atoms with Gasteiger partial charge in [-0.25, -0.2) is 0 Å². The van der Waals surface area contributed by atoms with Crippen LogP contribution >= 0.6 is 0 Å². The van der Waals surface area contributed by atoms with Crippen molar-refractivity contribution in [1.82, 2.24) is 10.6 Å². The van der Waals surface area contributed by atoms with Crippen molar-refractivity contribution in [2.75, 3.05) is 13.1 Å². The second kappa shape index (κ2) is 8.68. The van der Waals surface area contributed by atoms with Gasteiger partial charge in [0.2, 0.25) is 5.91 Å². The van der Waals surface area contributed by atoms with Crippen LogP contribution in [0.25, 0.3) is 0 Å². The summed E-state index contributed by atoms with van der Waals surface area (Å²) in [5.41, 5.74) is 1.21. The highest BCUT2D eigenvalue weighted by Gasteiger charge is 2.85. The topological polar surface area (TPSA) is 50.4 Å². The molecule has 1 spiro atoms. The number of benzene rings is 1. The third kappa shape index (κ3) is 3.34. The molecule has 0 aromatic heterocycles. The summed E-state index contributed by atoms with van der Waals surface area (Å²) in [6, 6.07) is 10.5. The predicted octanol–water partition coefficient (Wildman–Crippen LogP) is 4.23. The molecule has 3 aliphatic rings. The second-order valence-electron chi connectivity index (χ2n) is 9.30. The quantitative estimate of drug-likeness (QED) is 0.570. The molecule has 1 aromatic carbocycles. The van der Waals surface area contributed by atoms with E-state index in [2.05, 4.69) is 73.1 Å². The molecule has 0 bridgehead atoms. The van der Waals surface area contributed by atoms with Gasteiger partial charge in [-0.2, -0.15) is 0 Å². The summed E-state index contributed by atoms with van der Waals surface area (Å²) in [7, 11) is 0. The first kappa shape index (κ1) is 21.3. The molecule has 30 heavy (non-hydrogen) atoms. The number of nitrogens with one attached hydrogen (secondary N) is 2. The lowest BCUT2D eigenvalue weighted by Crippen LogP contribution is -2.46. The van der Waals surface area contributed by atoms with Crippen molar-refractivity contribution in [3.8, 4) is 0 Å². The average molecular weight is 409 g/mol. The second-order valence-corrected chi connectivity index (χ2v) is 9.30. The fraction of sp³-hybridized carbons (Fsp3) is 0.577. The van der Waals surface area contributed by atoms with E-state index in [-0.39, 0.29) is 34.8 Å². The Balaban J connectivity index is 1.58. The minimum atomic E-state index is -0.0184. The molecule has 4 rings (SSSR count). The molecule has 1 aromatic rings. The monoisotopic (exact) mass is 408 g/mol. The first-order valence-corrected chi connectivity index (χ1v) is 11.6. The highest BCUT2D eigenvalue weighted by molar-refractivity contribution is 5.74. The van der Waals surface area contributed by atoms with Crippen molar-refractivity contribution < 1.29 is 9.53 Å². The average Bonchev–Trinajstić information content (AvgIpc) is 3.29. The van der Waals surface area contributed by atoms with Gasteiger partial charge in [-0.05, 0) is 37.4 Å². The maximum Gasteiger partial charge on any atom is 0.217 e. The highest BCUT2D eigenvalue weighted by Crippen LogP contribution is 2.82. The van der Waals surface area contributed by atoms with Crippen molar-refractivity contribution in [1.29, 1.82) is 0 Å².